The Morgan fingerprint density at radius 1 is 1.23 bits per heavy atom. The highest BCUT2D eigenvalue weighted by Gasteiger charge is 2.00. The van der Waals surface area contributed by atoms with E-state index in [4.69, 9.17) is 0 Å². The molecule has 0 heterocycles. The van der Waals surface area contributed by atoms with Gasteiger partial charge in [-0.15, -0.1) is 0 Å². The third-order valence-corrected chi connectivity index (χ3v) is 1.86. The van der Waals surface area contributed by atoms with E-state index in [2.05, 4.69) is 10.5 Å². The van der Waals surface area contributed by atoms with Gasteiger partial charge in [-0.2, -0.15) is 0 Å². The van der Waals surface area contributed by atoms with Crippen molar-refractivity contribution in [3.05, 3.63) is 24.3 Å². The molecule has 0 aliphatic heterocycles. The van der Waals surface area contributed by atoms with Crippen LogP contribution < -0.4 is 22.9 Å². The van der Waals surface area contributed by atoms with Crippen molar-refractivity contribution >= 4 is 21.4 Å². The highest BCUT2D eigenvalue weighted by atomic mass is 35.5. The fourth-order valence-electron chi connectivity index (χ4n) is 0.787. The summed E-state index contributed by atoms with van der Waals surface area (Å²) < 4.78 is 23.9. The first kappa shape index (κ1) is 12.2. The molecule has 13 heavy (non-hydrogen) atoms. The zero-order valence-electron chi connectivity index (χ0n) is 7.12. The highest BCUT2D eigenvalue weighted by Crippen LogP contribution is 2.10. The largest absolute Gasteiger partial charge is 1.00 e. The van der Waals surface area contributed by atoms with Crippen LogP contribution in [0.3, 0.4) is 0 Å². The van der Waals surface area contributed by atoms with E-state index < -0.39 is 10.0 Å². The molecule has 1 rings (SSSR count). The molecule has 4 nitrogen and oxygen atoms in total. The van der Waals surface area contributed by atoms with Crippen molar-refractivity contribution in [2.75, 3.05) is 11.0 Å². The molecule has 0 unspecified atom stereocenters. The smallest absolute Gasteiger partial charge is 0.229 e. The van der Waals surface area contributed by atoms with E-state index in [1.165, 1.54) is 0 Å². The molecule has 6 heteroatoms. The van der Waals surface area contributed by atoms with Crippen molar-refractivity contribution in [2.24, 2.45) is 0 Å². The van der Waals surface area contributed by atoms with Gasteiger partial charge in [0.05, 0.1) is 6.26 Å². The van der Waals surface area contributed by atoms with Gasteiger partial charge < -0.3 is 18.1 Å². The lowest BCUT2D eigenvalue weighted by Gasteiger charge is -2.01. The maximum Gasteiger partial charge on any atom is 0.229 e. The SMILES string of the molecule is CS(=O)(=O)Nc1ccc([NH3+])cc1.[Cl-]. The van der Waals surface area contributed by atoms with Gasteiger partial charge in [0.1, 0.15) is 5.69 Å². The van der Waals surface area contributed by atoms with Crippen LogP contribution in [0.15, 0.2) is 24.3 Å². The first-order valence-corrected chi connectivity index (χ1v) is 5.26. The Morgan fingerprint density at radius 3 is 2.08 bits per heavy atom. The van der Waals surface area contributed by atoms with E-state index in [1.807, 2.05) is 0 Å². The summed E-state index contributed by atoms with van der Waals surface area (Å²) in [6, 6.07) is 6.83. The zero-order chi connectivity index (χ0) is 9.19. The van der Waals surface area contributed by atoms with Crippen molar-refractivity contribution in [1.82, 2.24) is 0 Å². The molecule has 0 spiro atoms. The summed E-state index contributed by atoms with van der Waals surface area (Å²) in [6.45, 7) is 0. The van der Waals surface area contributed by atoms with Gasteiger partial charge in [-0.1, -0.05) is 0 Å². The Labute approximate surface area is 83.6 Å². The quantitative estimate of drug-likeness (QED) is 0.558. The van der Waals surface area contributed by atoms with Gasteiger partial charge >= 0.3 is 0 Å². The number of rotatable bonds is 2. The third-order valence-electron chi connectivity index (χ3n) is 1.26. The van der Waals surface area contributed by atoms with Crippen molar-refractivity contribution in [2.45, 2.75) is 0 Å². The number of benzene rings is 1. The first-order valence-electron chi connectivity index (χ1n) is 3.37. The lowest BCUT2D eigenvalue weighted by Crippen LogP contribution is -3.00. The van der Waals surface area contributed by atoms with Crippen LogP contribution in [0, 0.1) is 0 Å². The Morgan fingerprint density at radius 2 is 1.69 bits per heavy atom. The van der Waals surface area contributed by atoms with Crippen LogP contribution in [0.5, 0.6) is 0 Å². The molecular weight excluding hydrogens is 212 g/mol. The fourth-order valence-corrected chi connectivity index (χ4v) is 1.35. The van der Waals surface area contributed by atoms with E-state index in [1.54, 1.807) is 24.3 Å². The van der Waals surface area contributed by atoms with Gasteiger partial charge in [0.2, 0.25) is 10.0 Å². The van der Waals surface area contributed by atoms with Crippen LogP contribution in [0.4, 0.5) is 11.4 Å². The second-order valence-corrected chi connectivity index (χ2v) is 4.32. The Hall–Kier alpha value is -0.780. The van der Waals surface area contributed by atoms with Crippen molar-refractivity contribution in [1.29, 1.82) is 0 Å². The van der Waals surface area contributed by atoms with Gasteiger partial charge in [0.25, 0.3) is 0 Å². The Kier molecular flexibility index (Phi) is 4.19. The first-order chi connectivity index (χ1) is 5.47. The Bertz CT molecular complexity index is 361. The lowest BCUT2D eigenvalue weighted by molar-refractivity contribution is -0.254. The third kappa shape index (κ3) is 4.72. The van der Waals surface area contributed by atoms with E-state index in [0.717, 1.165) is 11.9 Å². The van der Waals surface area contributed by atoms with Crippen LogP contribution in [0.2, 0.25) is 0 Å². The van der Waals surface area contributed by atoms with Crippen LogP contribution in [-0.2, 0) is 10.0 Å². The number of hydrogen-bond acceptors (Lipinski definition) is 2. The fraction of sp³-hybridized carbons (Fsp3) is 0.143. The summed E-state index contributed by atoms with van der Waals surface area (Å²) in [6.07, 6.45) is 1.12. The maximum atomic E-state index is 10.8. The predicted molar refractivity (Wildman–Crippen MR) is 47.5 cm³/mol. The van der Waals surface area contributed by atoms with Crippen LogP contribution >= 0.6 is 0 Å². The topological polar surface area (TPSA) is 73.8 Å². The summed E-state index contributed by atoms with van der Waals surface area (Å²) in [5.41, 5.74) is 5.10. The molecule has 0 saturated heterocycles. The van der Waals surface area contributed by atoms with Crippen molar-refractivity contribution in [3.8, 4) is 0 Å². The molecule has 0 saturated carbocycles. The number of hydrogen-bond donors (Lipinski definition) is 2. The molecule has 74 valence electrons. The number of halogens is 1. The molecule has 0 bridgehead atoms. The normalized spacial score (nSPS) is 10.3. The van der Waals surface area contributed by atoms with E-state index in [-0.39, 0.29) is 12.4 Å². The van der Waals surface area contributed by atoms with Gasteiger partial charge in [0.15, 0.2) is 0 Å². The number of nitrogens with one attached hydrogen (secondary N) is 1. The van der Waals surface area contributed by atoms with Gasteiger partial charge in [-0.3, -0.25) is 4.72 Å². The molecule has 0 fully saturated rings. The molecule has 1 aromatic carbocycles. The summed E-state index contributed by atoms with van der Waals surface area (Å²) >= 11 is 0. The van der Waals surface area contributed by atoms with Gasteiger partial charge in [0, 0.05) is 17.8 Å². The average Bonchev–Trinajstić information content (AvgIpc) is 1.91. The van der Waals surface area contributed by atoms with Crippen LogP contribution in [0.25, 0.3) is 0 Å². The molecule has 0 aromatic heterocycles. The second kappa shape index (κ2) is 4.45. The highest BCUT2D eigenvalue weighted by molar-refractivity contribution is 7.92. The van der Waals surface area contributed by atoms with Gasteiger partial charge in [-0.05, 0) is 12.1 Å². The minimum atomic E-state index is -3.16. The average molecular weight is 223 g/mol. The molecule has 0 aliphatic carbocycles. The molecule has 4 N–H and O–H groups in total. The van der Waals surface area contributed by atoms with Gasteiger partial charge in [-0.25, -0.2) is 8.42 Å². The molecule has 0 aliphatic rings. The molecular formula is C7H11ClN2O2S. The summed E-state index contributed by atoms with van der Waals surface area (Å²) in [5.74, 6) is 0. The summed E-state index contributed by atoms with van der Waals surface area (Å²) in [5, 5.41) is 0. The number of sulfonamides is 1. The van der Waals surface area contributed by atoms with E-state index >= 15 is 0 Å². The van der Waals surface area contributed by atoms with Crippen LogP contribution in [-0.4, -0.2) is 14.7 Å². The molecule has 0 radical (unpaired) electrons. The van der Waals surface area contributed by atoms with Crippen LogP contribution in [0.1, 0.15) is 0 Å². The summed E-state index contributed by atoms with van der Waals surface area (Å²) in [4.78, 5) is 0. The maximum absolute atomic E-state index is 10.8. The number of quaternary nitrogens is 1. The minimum Gasteiger partial charge on any atom is -1.00 e. The van der Waals surface area contributed by atoms with E-state index in [9.17, 15) is 8.42 Å². The zero-order valence-corrected chi connectivity index (χ0v) is 8.69. The number of anilines is 1. The Balaban J connectivity index is 0.00000144. The monoisotopic (exact) mass is 222 g/mol. The summed E-state index contributed by atoms with van der Waals surface area (Å²) in [7, 11) is -3.16. The molecule has 1 aromatic rings. The predicted octanol–water partition coefficient (Wildman–Crippen LogP) is -3.06. The van der Waals surface area contributed by atoms with Crippen molar-refractivity contribution < 1.29 is 26.6 Å². The lowest BCUT2D eigenvalue weighted by atomic mass is 10.3. The molecule has 0 atom stereocenters. The van der Waals surface area contributed by atoms with Crippen molar-refractivity contribution in [3.63, 3.8) is 0 Å². The second-order valence-electron chi connectivity index (χ2n) is 2.57. The minimum absolute atomic E-state index is 0. The standard InChI is InChI=1S/C7H10N2O2S.ClH/c1-12(10,11)9-7-4-2-6(8)3-5-7;/h2-5,9H,8H2,1H3;1H. The van der Waals surface area contributed by atoms with E-state index in [0.29, 0.717) is 5.69 Å². The molecule has 0 amide bonds.